The molecule has 1 heterocycles. The van der Waals surface area contributed by atoms with Gasteiger partial charge in [-0.3, -0.25) is 9.35 Å². The number of allylic oxidation sites excluding steroid dienone is 2. The molecule has 100 valence electrons. The van der Waals surface area contributed by atoms with Gasteiger partial charge in [0.2, 0.25) is 5.91 Å². The van der Waals surface area contributed by atoms with Crippen LogP contribution >= 0.6 is 0 Å². The zero-order chi connectivity index (χ0) is 13.3. The molecule has 0 aromatic carbocycles. The molecule has 1 aliphatic heterocycles. The van der Waals surface area contributed by atoms with E-state index in [-0.39, 0.29) is 11.6 Å². The molecule has 2 rings (SSSR count). The first-order valence-electron chi connectivity index (χ1n) is 5.83. The van der Waals surface area contributed by atoms with Gasteiger partial charge in [0.15, 0.2) is 5.37 Å². The standard InChI is InChI=1S/C11H16N2O4S/c12-10(14)9-6-3-7-13(8-4-1-2-5-8)11(9)18(15,16)17/h3,6-8,11H,1-2,4-5H2,(H2,12,14)(H,15,16,17). The average Bonchev–Trinajstić information content (AvgIpc) is 2.80. The van der Waals surface area contributed by atoms with Crippen LogP contribution in [0.2, 0.25) is 0 Å². The molecule has 1 amide bonds. The van der Waals surface area contributed by atoms with Gasteiger partial charge >= 0.3 is 0 Å². The van der Waals surface area contributed by atoms with Crippen LogP contribution in [0.5, 0.6) is 0 Å². The Morgan fingerprint density at radius 3 is 2.50 bits per heavy atom. The monoisotopic (exact) mass is 272 g/mol. The molecule has 6 nitrogen and oxygen atoms in total. The maximum absolute atomic E-state index is 11.5. The Morgan fingerprint density at radius 1 is 1.39 bits per heavy atom. The Morgan fingerprint density at radius 2 is 2.00 bits per heavy atom. The number of amides is 1. The van der Waals surface area contributed by atoms with E-state index in [1.54, 1.807) is 12.3 Å². The minimum Gasteiger partial charge on any atom is -0.366 e. The van der Waals surface area contributed by atoms with Crippen molar-refractivity contribution in [2.45, 2.75) is 37.1 Å². The van der Waals surface area contributed by atoms with E-state index in [2.05, 4.69) is 0 Å². The first-order valence-corrected chi connectivity index (χ1v) is 7.33. The van der Waals surface area contributed by atoms with Crippen molar-refractivity contribution in [3.63, 3.8) is 0 Å². The van der Waals surface area contributed by atoms with Gasteiger partial charge in [-0.15, -0.1) is 0 Å². The third-order valence-electron chi connectivity index (χ3n) is 3.38. The van der Waals surface area contributed by atoms with E-state index in [0.717, 1.165) is 25.7 Å². The first-order chi connectivity index (χ1) is 8.41. The van der Waals surface area contributed by atoms with Crippen LogP contribution in [0, 0.1) is 0 Å². The Hall–Kier alpha value is -1.34. The lowest BCUT2D eigenvalue weighted by molar-refractivity contribution is -0.115. The molecule has 0 saturated heterocycles. The normalized spacial score (nSPS) is 25.3. The molecule has 1 atom stereocenters. The number of rotatable bonds is 3. The summed E-state index contributed by atoms with van der Waals surface area (Å²) in [6, 6.07) is 0.0243. The quantitative estimate of drug-likeness (QED) is 0.723. The van der Waals surface area contributed by atoms with Crippen LogP contribution in [0.4, 0.5) is 0 Å². The molecule has 1 unspecified atom stereocenters. The van der Waals surface area contributed by atoms with Crippen LogP contribution in [0.25, 0.3) is 0 Å². The van der Waals surface area contributed by atoms with E-state index >= 15 is 0 Å². The van der Waals surface area contributed by atoms with Crippen molar-refractivity contribution in [1.82, 2.24) is 4.90 Å². The topological polar surface area (TPSA) is 101 Å². The number of hydrogen-bond donors (Lipinski definition) is 2. The third kappa shape index (κ3) is 2.41. The molecule has 18 heavy (non-hydrogen) atoms. The lowest BCUT2D eigenvalue weighted by atomic mass is 10.1. The third-order valence-corrected chi connectivity index (χ3v) is 4.45. The average molecular weight is 272 g/mol. The van der Waals surface area contributed by atoms with Crippen LogP contribution in [-0.4, -0.2) is 35.2 Å². The van der Waals surface area contributed by atoms with E-state index in [1.165, 1.54) is 11.0 Å². The molecule has 1 saturated carbocycles. The van der Waals surface area contributed by atoms with E-state index in [1.807, 2.05) is 0 Å². The van der Waals surface area contributed by atoms with Crippen molar-refractivity contribution in [2.75, 3.05) is 0 Å². The molecule has 0 radical (unpaired) electrons. The summed E-state index contributed by atoms with van der Waals surface area (Å²) >= 11 is 0. The Kier molecular flexibility index (Phi) is 3.45. The highest BCUT2D eigenvalue weighted by molar-refractivity contribution is 7.86. The van der Waals surface area contributed by atoms with Gasteiger partial charge in [-0.05, 0) is 25.0 Å². The minimum atomic E-state index is -4.40. The first kappa shape index (κ1) is 13.1. The van der Waals surface area contributed by atoms with Crippen LogP contribution in [0.3, 0.4) is 0 Å². The van der Waals surface area contributed by atoms with Crippen molar-refractivity contribution in [2.24, 2.45) is 5.73 Å². The smallest absolute Gasteiger partial charge is 0.290 e. The lowest BCUT2D eigenvalue weighted by Gasteiger charge is -2.35. The second-order valence-corrected chi connectivity index (χ2v) is 6.06. The molecule has 0 aromatic rings. The Bertz CT molecular complexity index is 503. The summed E-state index contributed by atoms with van der Waals surface area (Å²) in [5.74, 6) is -0.829. The largest absolute Gasteiger partial charge is 0.366 e. The van der Waals surface area contributed by atoms with Crippen molar-refractivity contribution in [1.29, 1.82) is 0 Å². The van der Waals surface area contributed by atoms with Crippen LogP contribution in [-0.2, 0) is 14.9 Å². The second kappa shape index (κ2) is 4.74. The highest BCUT2D eigenvalue weighted by atomic mass is 32.2. The highest BCUT2D eigenvalue weighted by Crippen LogP contribution is 2.31. The molecule has 0 spiro atoms. The SMILES string of the molecule is NC(=O)C1=CC=CN(C2CCCC2)C1S(=O)(=O)O. The number of hydrogen-bond acceptors (Lipinski definition) is 4. The molecular weight excluding hydrogens is 256 g/mol. The van der Waals surface area contributed by atoms with Crippen LogP contribution < -0.4 is 5.73 Å². The van der Waals surface area contributed by atoms with Gasteiger partial charge in [0.05, 0.1) is 5.57 Å². The van der Waals surface area contributed by atoms with E-state index < -0.39 is 21.4 Å². The van der Waals surface area contributed by atoms with Gasteiger partial charge in [-0.1, -0.05) is 12.8 Å². The molecule has 3 N–H and O–H groups in total. The molecule has 1 fully saturated rings. The van der Waals surface area contributed by atoms with Crippen LogP contribution in [0.1, 0.15) is 25.7 Å². The number of nitrogens with zero attached hydrogens (tertiary/aromatic N) is 1. The molecule has 2 aliphatic rings. The summed E-state index contributed by atoms with van der Waals surface area (Å²) in [7, 11) is -4.40. The van der Waals surface area contributed by atoms with Gasteiger partial charge in [0.25, 0.3) is 10.1 Å². The van der Waals surface area contributed by atoms with Crippen molar-refractivity contribution < 1.29 is 17.8 Å². The molecule has 0 bridgehead atoms. The van der Waals surface area contributed by atoms with Crippen molar-refractivity contribution in [3.05, 3.63) is 23.9 Å². The van der Waals surface area contributed by atoms with Gasteiger partial charge in [-0.2, -0.15) is 8.42 Å². The van der Waals surface area contributed by atoms with Crippen molar-refractivity contribution in [3.8, 4) is 0 Å². The molecule has 0 aromatic heterocycles. The van der Waals surface area contributed by atoms with Crippen LogP contribution in [0.15, 0.2) is 23.9 Å². The van der Waals surface area contributed by atoms with E-state index in [9.17, 15) is 17.8 Å². The second-order valence-electron chi connectivity index (χ2n) is 4.58. The summed E-state index contributed by atoms with van der Waals surface area (Å²) in [6.07, 6.45) is 8.25. The van der Waals surface area contributed by atoms with E-state index in [4.69, 9.17) is 5.73 Å². The fraction of sp³-hybridized carbons (Fsp3) is 0.545. The molecule has 1 aliphatic carbocycles. The van der Waals surface area contributed by atoms with Gasteiger partial charge in [0, 0.05) is 12.2 Å². The predicted octanol–water partition coefficient (Wildman–Crippen LogP) is 0.384. The zero-order valence-corrected chi connectivity index (χ0v) is 10.6. The summed E-state index contributed by atoms with van der Waals surface area (Å²) in [5.41, 5.74) is 5.08. The fourth-order valence-electron chi connectivity index (χ4n) is 2.60. The number of nitrogens with two attached hydrogens (primary N) is 1. The van der Waals surface area contributed by atoms with Gasteiger partial charge in [-0.25, -0.2) is 0 Å². The van der Waals surface area contributed by atoms with E-state index in [0.29, 0.717) is 0 Å². The minimum absolute atomic E-state index is 0.0243. The number of carbonyl (C=O) groups excluding carboxylic acids is 1. The zero-order valence-electron chi connectivity index (χ0n) is 9.82. The lowest BCUT2D eigenvalue weighted by Crippen LogP contribution is -2.47. The maximum atomic E-state index is 11.5. The molecule has 7 heteroatoms. The highest BCUT2D eigenvalue weighted by Gasteiger charge is 2.39. The summed E-state index contributed by atoms with van der Waals surface area (Å²) < 4.78 is 32.3. The van der Waals surface area contributed by atoms with Crippen molar-refractivity contribution >= 4 is 16.0 Å². The molecular formula is C11H16N2O4S. The summed E-state index contributed by atoms with van der Waals surface area (Å²) in [4.78, 5) is 12.8. The fourth-order valence-corrected chi connectivity index (χ4v) is 3.67. The maximum Gasteiger partial charge on any atom is 0.290 e. The summed E-state index contributed by atoms with van der Waals surface area (Å²) in [5, 5.41) is -1.37. The summed E-state index contributed by atoms with van der Waals surface area (Å²) in [6.45, 7) is 0. The number of carbonyl (C=O) groups is 1. The predicted molar refractivity (Wildman–Crippen MR) is 65.8 cm³/mol. The Balaban J connectivity index is 2.38. The number of primary amides is 1. The van der Waals surface area contributed by atoms with Gasteiger partial charge in [0.1, 0.15) is 0 Å². The van der Waals surface area contributed by atoms with Gasteiger partial charge < -0.3 is 10.6 Å². The Labute approximate surface area is 106 Å².